The van der Waals surface area contributed by atoms with Crippen LogP contribution in [0.1, 0.15) is 16.7 Å². The van der Waals surface area contributed by atoms with Crippen LogP contribution in [0.4, 0.5) is 10.8 Å². The number of thiazole rings is 1. The Bertz CT molecular complexity index is 1310. The average molecular weight is 442 g/mol. The van der Waals surface area contributed by atoms with E-state index in [1.165, 1.54) is 29.7 Å². The first-order valence-electron chi connectivity index (χ1n) is 9.11. The molecule has 4 aromatic rings. The van der Waals surface area contributed by atoms with Crippen LogP contribution in [-0.2, 0) is 21.2 Å². The third-order valence-electron chi connectivity index (χ3n) is 4.55. The van der Waals surface area contributed by atoms with Crippen LogP contribution in [0.3, 0.4) is 0 Å². The van der Waals surface area contributed by atoms with Gasteiger partial charge < -0.3 is 9.73 Å². The van der Waals surface area contributed by atoms with Crippen molar-refractivity contribution in [2.45, 2.75) is 25.2 Å². The van der Waals surface area contributed by atoms with Crippen LogP contribution in [0.25, 0.3) is 11.0 Å². The van der Waals surface area contributed by atoms with Crippen LogP contribution >= 0.6 is 11.3 Å². The fraction of sp³-hybridized carbons (Fsp3) is 0.143. The Morgan fingerprint density at radius 1 is 1.17 bits per heavy atom. The number of hydrogen-bond donors (Lipinski definition) is 2. The largest absolute Gasteiger partial charge is 0.464 e. The topological polar surface area (TPSA) is 101 Å². The number of amides is 1. The summed E-state index contributed by atoms with van der Waals surface area (Å²) in [5, 5.41) is 5.72. The number of fused-ring (bicyclic) bond motifs is 1. The summed E-state index contributed by atoms with van der Waals surface area (Å²) >= 11 is 1.19. The zero-order valence-electron chi connectivity index (χ0n) is 16.3. The van der Waals surface area contributed by atoms with Crippen molar-refractivity contribution in [1.29, 1.82) is 0 Å². The van der Waals surface area contributed by atoms with Crippen molar-refractivity contribution >= 4 is 49.1 Å². The summed E-state index contributed by atoms with van der Waals surface area (Å²) in [5.41, 5.74) is 4.24. The van der Waals surface area contributed by atoms with E-state index in [1.54, 1.807) is 23.8 Å². The molecule has 2 aromatic heterocycles. The minimum atomic E-state index is -3.73. The molecular weight excluding hydrogens is 422 g/mol. The lowest BCUT2D eigenvalue weighted by Gasteiger charge is -2.08. The van der Waals surface area contributed by atoms with Crippen molar-refractivity contribution in [1.82, 2.24) is 4.98 Å². The van der Waals surface area contributed by atoms with E-state index in [9.17, 15) is 13.2 Å². The highest BCUT2D eigenvalue weighted by Gasteiger charge is 2.16. The quantitative estimate of drug-likeness (QED) is 0.459. The molecule has 0 spiro atoms. The smallest absolute Gasteiger partial charge is 0.263 e. The minimum Gasteiger partial charge on any atom is -0.464 e. The molecule has 0 aliphatic heterocycles. The summed E-state index contributed by atoms with van der Waals surface area (Å²) in [6.07, 6.45) is 3.28. The van der Waals surface area contributed by atoms with Crippen molar-refractivity contribution in [3.8, 4) is 0 Å². The highest BCUT2D eigenvalue weighted by molar-refractivity contribution is 7.93. The molecule has 2 aromatic carbocycles. The number of sulfonamides is 1. The highest BCUT2D eigenvalue weighted by atomic mass is 32.2. The lowest BCUT2D eigenvalue weighted by molar-refractivity contribution is -0.115. The van der Waals surface area contributed by atoms with Crippen LogP contribution in [0.5, 0.6) is 0 Å². The number of carbonyl (C=O) groups excluding carboxylic acids is 1. The predicted molar refractivity (Wildman–Crippen MR) is 117 cm³/mol. The molecular formula is C21H19N3O4S2. The van der Waals surface area contributed by atoms with E-state index in [-0.39, 0.29) is 17.2 Å². The van der Waals surface area contributed by atoms with Gasteiger partial charge in [0.05, 0.1) is 17.6 Å². The molecule has 0 bridgehead atoms. The molecule has 0 radical (unpaired) electrons. The molecule has 0 saturated heterocycles. The number of hydrogen-bond acceptors (Lipinski definition) is 6. The summed E-state index contributed by atoms with van der Waals surface area (Å²) in [6, 6.07) is 9.98. The third kappa shape index (κ3) is 4.22. The second kappa shape index (κ2) is 7.92. The van der Waals surface area contributed by atoms with Crippen LogP contribution < -0.4 is 10.0 Å². The maximum Gasteiger partial charge on any atom is 0.263 e. The van der Waals surface area contributed by atoms with E-state index < -0.39 is 10.0 Å². The van der Waals surface area contributed by atoms with E-state index in [0.29, 0.717) is 10.8 Å². The lowest BCUT2D eigenvalue weighted by Crippen LogP contribution is -2.15. The predicted octanol–water partition coefficient (Wildman–Crippen LogP) is 4.49. The van der Waals surface area contributed by atoms with Gasteiger partial charge in [0.1, 0.15) is 5.58 Å². The van der Waals surface area contributed by atoms with Gasteiger partial charge in [-0.3, -0.25) is 9.52 Å². The van der Waals surface area contributed by atoms with Gasteiger partial charge in [-0.2, -0.15) is 0 Å². The number of rotatable bonds is 6. The summed E-state index contributed by atoms with van der Waals surface area (Å²) in [4.78, 5) is 16.5. The molecule has 1 amide bonds. The van der Waals surface area contributed by atoms with Gasteiger partial charge in [0.15, 0.2) is 5.13 Å². The number of furan rings is 1. The van der Waals surface area contributed by atoms with E-state index in [4.69, 9.17) is 4.42 Å². The van der Waals surface area contributed by atoms with Gasteiger partial charge in [-0.25, -0.2) is 13.4 Å². The van der Waals surface area contributed by atoms with Gasteiger partial charge >= 0.3 is 0 Å². The van der Waals surface area contributed by atoms with E-state index in [1.807, 2.05) is 19.9 Å². The van der Waals surface area contributed by atoms with E-state index in [0.717, 1.165) is 27.7 Å². The van der Waals surface area contributed by atoms with Gasteiger partial charge in [0.25, 0.3) is 10.0 Å². The zero-order valence-corrected chi connectivity index (χ0v) is 17.9. The number of benzene rings is 2. The number of nitrogens with one attached hydrogen (secondary N) is 2. The SMILES string of the molecule is Cc1cc(C)c2c(CC(=O)Nc3ccc(S(=O)(=O)Nc4nccs4)cc3)coc2c1. The van der Waals surface area contributed by atoms with Gasteiger partial charge in [0.2, 0.25) is 5.91 Å². The van der Waals surface area contributed by atoms with E-state index in [2.05, 4.69) is 21.1 Å². The number of anilines is 2. The van der Waals surface area contributed by atoms with Crippen LogP contribution in [0.2, 0.25) is 0 Å². The molecule has 9 heteroatoms. The molecule has 7 nitrogen and oxygen atoms in total. The standard InChI is InChI=1S/C21H19N3O4S2/c1-13-9-14(2)20-15(12-28-18(20)10-13)11-19(25)23-16-3-5-17(6-4-16)30(26,27)24-21-22-7-8-29-21/h3-10,12H,11H2,1-2H3,(H,22,24)(H,23,25). The molecule has 154 valence electrons. The normalized spacial score (nSPS) is 11.5. The number of aryl methyl sites for hydroxylation is 2. The number of nitrogens with zero attached hydrogens (tertiary/aromatic N) is 1. The molecule has 0 saturated carbocycles. The Balaban J connectivity index is 1.45. The molecule has 4 rings (SSSR count). The maximum atomic E-state index is 12.5. The Kier molecular flexibility index (Phi) is 5.31. The second-order valence-corrected chi connectivity index (χ2v) is 9.48. The first-order valence-corrected chi connectivity index (χ1v) is 11.5. The Labute approximate surface area is 177 Å². The van der Waals surface area contributed by atoms with E-state index >= 15 is 0 Å². The van der Waals surface area contributed by atoms with Gasteiger partial charge in [-0.1, -0.05) is 6.07 Å². The van der Waals surface area contributed by atoms with Crippen molar-refractivity contribution in [2.24, 2.45) is 0 Å². The van der Waals surface area contributed by atoms with Gasteiger partial charge in [-0.05, 0) is 55.3 Å². The van der Waals surface area contributed by atoms with Crippen molar-refractivity contribution < 1.29 is 17.6 Å². The molecule has 30 heavy (non-hydrogen) atoms. The first-order chi connectivity index (χ1) is 14.3. The third-order valence-corrected chi connectivity index (χ3v) is 6.72. The maximum absolute atomic E-state index is 12.5. The average Bonchev–Trinajstić information content (AvgIpc) is 3.32. The second-order valence-electron chi connectivity index (χ2n) is 6.91. The zero-order chi connectivity index (χ0) is 21.3. The van der Waals surface area contributed by atoms with Crippen molar-refractivity contribution in [3.63, 3.8) is 0 Å². The molecule has 2 N–H and O–H groups in total. The molecule has 0 fully saturated rings. The van der Waals surface area contributed by atoms with Crippen molar-refractivity contribution in [2.75, 3.05) is 10.0 Å². The summed E-state index contributed by atoms with van der Waals surface area (Å²) < 4.78 is 32.8. The molecule has 0 atom stereocenters. The van der Waals surface area contributed by atoms with Gasteiger partial charge in [-0.15, -0.1) is 11.3 Å². The fourth-order valence-electron chi connectivity index (χ4n) is 3.30. The fourth-order valence-corrected chi connectivity index (χ4v) is 5.09. The Hall–Kier alpha value is -3.17. The summed E-state index contributed by atoms with van der Waals surface area (Å²) in [5.74, 6) is -0.214. The lowest BCUT2D eigenvalue weighted by atomic mass is 10.0. The molecule has 0 aliphatic rings. The summed E-state index contributed by atoms with van der Waals surface area (Å²) in [6.45, 7) is 3.99. The first kappa shape index (κ1) is 20.1. The Morgan fingerprint density at radius 2 is 1.93 bits per heavy atom. The Morgan fingerprint density at radius 3 is 2.63 bits per heavy atom. The number of aromatic nitrogens is 1. The monoisotopic (exact) mass is 441 g/mol. The van der Waals surface area contributed by atoms with Crippen molar-refractivity contribution in [3.05, 3.63) is 70.9 Å². The summed E-state index contributed by atoms with van der Waals surface area (Å²) in [7, 11) is -3.73. The highest BCUT2D eigenvalue weighted by Crippen LogP contribution is 2.27. The van der Waals surface area contributed by atoms with Crippen LogP contribution in [0.15, 0.2) is 63.6 Å². The van der Waals surface area contributed by atoms with Crippen LogP contribution in [0, 0.1) is 13.8 Å². The molecule has 0 aliphatic carbocycles. The molecule has 2 heterocycles. The van der Waals surface area contributed by atoms with Gasteiger partial charge in [0, 0.05) is 28.2 Å². The number of carbonyl (C=O) groups is 1. The minimum absolute atomic E-state index is 0.0857. The molecule has 0 unspecified atom stereocenters. The van der Waals surface area contributed by atoms with Crippen LogP contribution in [-0.4, -0.2) is 19.3 Å².